The van der Waals surface area contributed by atoms with Crippen LogP contribution < -0.4 is 5.32 Å². The zero-order valence-electron chi connectivity index (χ0n) is 10.9. The lowest BCUT2D eigenvalue weighted by atomic mass is 10.1. The Morgan fingerprint density at radius 1 is 1.12 bits per heavy atom. The zero-order chi connectivity index (χ0) is 12.0. The van der Waals surface area contributed by atoms with Crippen LogP contribution in [0, 0.1) is 0 Å². The summed E-state index contributed by atoms with van der Waals surface area (Å²) in [6.45, 7) is 5.42. The third-order valence-corrected chi connectivity index (χ3v) is 2.81. The van der Waals surface area contributed by atoms with Gasteiger partial charge in [-0.15, -0.1) is 0 Å². The molecule has 0 fully saturated rings. The van der Waals surface area contributed by atoms with Crippen molar-refractivity contribution in [3.63, 3.8) is 0 Å². The smallest absolute Gasteiger partial charge is 0.0254 e. The number of likely N-dealkylation sites (N-methyl/N-ethyl adjacent to an activating group) is 1. The van der Waals surface area contributed by atoms with E-state index in [2.05, 4.69) is 68.5 Å². The maximum atomic E-state index is 3.51. The topological polar surface area (TPSA) is 15.3 Å². The van der Waals surface area contributed by atoms with Crippen molar-refractivity contribution in [1.82, 2.24) is 10.2 Å². The molecule has 1 aromatic carbocycles. The second kappa shape index (κ2) is 6.66. The van der Waals surface area contributed by atoms with Crippen LogP contribution in [0.25, 0.3) is 0 Å². The van der Waals surface area contributed by atoms with E-state index in [9.17, 15) is 0 Å². The summed E-state index contributed by atoms with van der Waals surface area (Å²) < 4.78 is 0. The molecule has 0 bridgehead atoms. The van der Waals surface area contributed by atoms with Crippen LogP contribution in [0.3, 0.4) is 0 Å². The highest BCUT2D eigenvalue weighted by Gasteiger charge is 2.12. The number of rotatable bonds is 6. The standard InChI is InChI=1S/C14H24N2/c1-12(2)15-11-14(16(3)4)10-13-8-6-5-7-9-13/h5-9,12,14-15H,10-11H2,1-4H3. The Bertz CT molecular complexity index is 280. The normalized spacial score (nSPS) is 13.4. The van der Waals surface area contributed by atoms with Gasteiger partial charge in [-0.25, -0.2) is 0 Å². The van der Waals surface area contributed by atoms with E-state index in [1.54, 1.807) is 0 Å². The molecular formula is C14H24N2. The summed E-state index contributed by atoms with van der Waals surface area (Å²) in [6, 6.07) is 11.8. The van der Waals surface area contributed by atoms with Gasteiger partial charge in [0.25, 0.3) is 0 Å². The second-order valence-electron chi connectivity index (χ2n) is 4.87. The van der Waals surface area contributed by atoms with Gasteiger partial charge in [-0.1, -0.05) is 44.2 Å². The average Bonchev–Trinajstić information content (AvgIpc) is 2.25. The van der Waals surface area contributed by atoms with Crippen molar-refractivity contribution in [2.24, 2.45) is 0 Å². The molecule has 0 radical (unpaired) electrons. The van der Waals surface area contributed by atoms with Gasteiger partial charge in [0.1, 0.15) is 0 Å². The Morgan fingerprint density at radius 2 is 1.75 bits per heavy atom. The molecular weight excluding hydrogens is 196 g/mol. The minimum Gasteiger partial charge on any atom is -0.313 e. The Balaban J connectivity index is 2.51. The van der Waals surface area contributed by atoms with E-state index in [0.717, 1.165) is 13.0 Å². The molecule has 90 valence electrons. The van der Waals surface area contributed by atoms with E-state index < -0.39 is 0 Å². The van der Waals surface area contributed by atoms with Crippen molar-refractivity contribution in [2.75, 3.05) is 20.6 Å². The largest absolute Gasteiger partial charge is 0.313 e. The van der Waals surface area contributed by atoms with Crippen molar-refractivity contribution in [2.45, 2.75) is 32.4 Å². The van der Waals surface area contributed by atoms with Gasteiger partial charge in [0.2, 0.25) is 0 Å². The van der Waals surface area contributed by atoms with Gasteiger partial charge in [-0.3, -0.25) is 0 Å². The van der Waals surface area contributed by atoms with E-state index in [1.165, 1.54) is 5.56 Å². The van der Waals surface area contributed by atoms with E-state index in [4.69, 9.17) is 0 Å². The molecule has 0 aromatic heterocycles. The van der Waals surface area contributed by atoms with Crippen LogP contribution in [0.2, 0.25) is 0 Å². The van der Waals surface area contributed by atoms with E-state index in [-0.39, 0.29) is 0 Å². The average molecular weight is 220 g/mol. The fraction of sp³-hybridized carbons (Fsp3) is 0.571. The minimum atomic E-state index is 0.554. The summed E-state index contributed by atoms with van der Waals surface area (Å²) in [7, 11) is 4.30. The van der Waals surface area contributed by atoms with Crippen LogP contribution in [0.15, 0.2) is 30.3 Å². The lowest BCUT2D eigenvalue weighted by molar-refractivity contribution is 0.276. The zero-order valence-corrected chi connectivity index (χ0v) is 10.9. The lowest BCUT2D eigenvalue weighted by Crippen LogP contribution is -2.41. The Labute approximate surface area is 99.7 Å². The molecule has 1 unspecified atom stereocenters. The predicted molar refractivity (Wildman–Crippen MR) is 70.8 cm³/mol. The van der Waals surface area contributed by atoms with E-state index in [0.29, 0.717) is 12.1 Å². The number of hydrogen-bond acceptors (Lipinski definition) is 2. The molecule has 2 heteroatoms. The summed E-state index contributed by atoms with van der Waals surface area (Å²) in [6.07, 6.45) is 1.10. The van der Waals surface area contributed by atoms with Crippen molar-refractivity contribution in [3.8, 4) is 0 Å². The van der Waals surface area contributed by atoms with Gasteiger partial charge < -0.3 is 10.2 Å². The fourth-order valence-electron chi connectivity index (χ4n) is 1.70. The molecule has 2 nitrogen and oxygen atoms in total. The summed E-state index contributed by atoms with van der Waals surface area (Å²) in [5, 5.41) is 3.51. The molecule has 1 aromatic rings. The van der Waals surface area contributed by atoms with Gasteiger partial charge >= 0.3 is 0 Å². The highest BCUT2D eigenvalue weighted by atomic mass is 15.1. The summed E-state index contributed by atoms with van der Waals surface area (Å²) >= 11 is 0. The third-order valence-electron chi connectivity index (χ3n) is 2.81. The fourth-order valence-corrected chi connectivity index (χ4v) is 1.70. The number of nitrogens with one attached hydrogen (secondary N) is 1. The van der Waals surface area contributed by atoms with Crippen LogP contribution in [0.1, 0.15) is 19.4 Å². The Hall–Kier alpha value is -0.860. The molecule has 0 aliphatic carbocycles. The molecule has 16 heavy (non-hydrogen) atoms. The molecule has 0 aliphatic heterocycles. The summed E-state index contributed by atoms with van der Waals surface area (Å²) in [4.78, 5) is 2.29. The first kappa shape index (κ1) is 13.2. The lowest BCUT2D eigenvalue weighted by Gasteiger charge is -2.25. The van der Waals surface area contributed by atoms with Crippen LogP contribution in [0.5, 0.6) is 0 Å². The van der Waals surface area contributed by atoms with Crippen molar-refractivity contribution >= 4 is 0 Å². The van der Waals surface area contributed by atoms with Crippen LogP contribution in [-0.4, -0.2) is 37.6 Å². The molecule has 1 rings (SSSR count). The highest BCUT2D eigenvalue weighted by molar-refractivity contribution is 5.16. The maximum absolute atomic E-state index is 3.51. The minimum absolute atomic E-state index is 0.554. The molecule has 1 N–H and O–H groups in total. The maximum Gasteiger partial charge on any atom is 0.0254 e. The first-order valence-corrected chi connectivity index (χ1v) is 6.03. The molecule has 0 amide bonds. The van der Waals surface area contributed by atoms with Crippen LogP contribution in [0.4, 0.5) is 0 Å². The van der Waals surface area contributed by atoms with Crippen LogP contribution in [-0.2, 0) is 6.42 Å². The molecule has 1 atom stereocenters. The first-order valence-electron chi connectivity index (χ1n) is 6.03. The third kappa shape index (κ3) is 4.77. The molecule has 0 saturated carbocycles. The number of hydrogen-bond donors (Lipinski definition) is 1. The van der Waals surface area contributed by atoms with Crippen molar-refractivity contribution < 1.29 is 0 Å². The van der Waals surface area contributed by atoms with Gasteiger partial charge in [0, 0.05) is 18.6 Å². The number of benzene rings is 1. The molecule has 0 aliphatic rings. The number of nitrogens with zero attached hydrogens (tertiary/aromatic N) is 1. The quantitative estimate of drug-likeness (QED) is 0.790. The van der Waals surface area contributed by atoms with E-state index >= 15 is 0 Å². The van der Waals surface area contributed by atoms with Gasteiger partial charge in [0.15, 0.2) is 0 Å². The Kier molecular flexibility index (Phi) is 5.50. The molecule has 0 heterocycles. The van der Waals surface area contributed by atoms with Gasteiger partial charge in [-0.2, -0.15) is 0 Å². The van der Waals surface area contributed by atoms with Crippen LogP contribution >= 0.6 is 0 Å². The SMILES string of the molecule is CC(C)NCC(Cc1ccccc1)N(C)C. The van der Waals surface area contributed by atoms with Crippen molar-refractivity contribution in [1.29, 1.82) is 0 Å². The van der Waals surface area contributed by atoms with Gasteiger partial charge in [-0.05, 0) is 26.1 Å². The van der Waals surface area contributed by atoms with Crippen molar-refractivity contribution in [3.05, 3.63) is 35.9 Å². The predicted octanol–water partition coefficient (Wildman–Crippen LogP) is 2.16. The first-order chi connectivity index (χ1) is 7.59. The van der Waals surface area contributed by atoms with E-state index in [1.807, 2.05) is 0 Å². The monoisotopic (exact) mass is 220 g/mol. The second-order valence-corrected chi connectivity index (χ2v) is 4.87. The molecule has 0 saturated heterocycles. The summed E-state index contributed by atoms with van der Waals surface area (Å²) in [5.41, 5.74) is 1.41. The Morgan fingerprint density at radius 3 is 2.25 bits per heavy atom. The molecule has 0 spiro atoms. The highest BCUT2D eigenvalue weighted by Crippen LogP contribution is 2.06. The summed E-state index contributed by atoms with van der Waals surface area (Å²) in [5.74, 6) is 0. The van der Waals surface area contributed by atoms with Gasteiger partial charge in [0.05, 0.1) is 0 Å².